The Balaban J connectivity index is 1.48. The first-order chi connectivity index (χ1) is 16.0. The standard InChI is InChI=1S/C24H24BrN3O4S2/c1-23(2)14-7-8-24(23,13-34(30,31)32)21(10-14)27-28-22(29)17-12-19(20-4-3-9-33-20)26-18-6-5-15(25)11-16(17)18/h3-6,9-12,14,27H,7-8,13H2,1-2H3,(H,28,29)(H,30,31,32)/p-1/t14-,24+/m0/s1. The van der Waals surface area contributed by atoms with E-state index in [1.165, 1.54) is 11.3 Å². The molecule has 10 heteroatoms. The zero-order chi connectivity index (χ0) is 24.3. The molecule has 2 atom stereocenters. The second kappa shape index (κ2) is 8.15. The third-order valence-corrected chi connectivity index (χ3v) is 9.68. The van der Waals surface area contributed by atoms with E-state index >= 15 is 0 Å². The van der Waals surface area contributed by atoms with Crippen LogP contribution in [0, 0.1) is 16.7 Å². The molecule has 0 spiro atoms. The monoisotopic (exact) mass is 560 g/mol. The Bertz CT molecular complexity index is 1430. The molecule has 0 aliphatic heterocycles. The average Bonchev–Trinajstić information content (AvgIpc) is 3.42. The molecule has 34 heavy (non-hydrogen) atoms. The zero-order valence-electron chi connectivity index (χ0n) is 18.6. The van der Waals surface area contributed by atoms with Crippen LogP contribution < -0.4 is 10.9 Å². The number of allylic oxidation sites excluding steroid dienone is 2. The molecule has 1 saturated carbocycles. The van der Waals surface area contributed by atoms with Crippen LogP contribution in [-0.2, 0) is 10.1 Å². The summed E-state index contributed by atoms with van der Waals surface area (Å²) in [6.07, 6.45) is 3.36. The highest BCUT2D eigenvalue weighted by atomic mass is 79.9. The van der Waals surface area contributed by atoms with Gasteiger partial charge in [-0.1, -0.05) is 41.9 Å². The summed E-state index contributed by atoms with van der Waals surface area (Å²) in [6, 6.07) is 11.2. The maximum absolute atomic E-state index is 13.4. The van der Waals surface area contributed by atoms with Crippen molar-refractivity contribution in [1.29, 1.82) is 0 Å². The molecule has 5 rings (SSSR count). The van der Waals surface area contributed by atoms with Crippen molar-refractivity contribution >= 4 is 54.2 Å². The van der Waals surface area contributed by atoms with Crippen molar-refractivity contribution < 1.29 is 17.8 Å². The summed E-state index contributed by atoms with van der Waals surface area (Å²) in [6.45, 7) is 3.98. The minimum absolute atomic E-state index is 0.136. The maximum atomic E-state index is 13.4. The number of hydrogen-bond donors (Lipinski definition) is 2. The van der Waals surface area contributed by atoms with E-state index in [0.717, 1.165) is 15.8 Å². The molecular weight excluding hydrogens is 538 g/mol. The molecule has 2 heterocycles. The highest BCUT2D eigenvalue weighted by Crippen LogP contribution is 2.64. The van der Waals surface area contributed by atoms with Gasteiger partial charge in [-0.15, -0.1) is 11.3 Å². The van der Waals surface area contributed by atoms with Crippen LogP contribution in [0.3, 0.4) is 0 Å². The van der Waals surface area contributed by atoms with Gasteiger partial charge in [0.2, 0.25) is 0 Å². The van der Waals surface area contributed by atoms with E-state index in [9.17, 15) is 17.8 Å². The van der Waals surface area contributed by atoms with Gasteiger partial charge in [0, 0.05) is 26.7 Å². The number of hydrazine groups is 1. The first-order valence-electron chi connectivity index (χ1n) is 10.9. The Morgan fingerprint density at radius 2 is 2.09 bits per heavy atom. The SMILES string of the molecule is CC1(C)[C@@H]2C=C(NNC(=O)c3cc(-c4cccs4)nc4ccc(Br)cc34)[C@]1(CS(=O)(=O)[O-])CC2. The van der Waals surface area contributed by atoms with Crippen molar-refractivity contribution in [2.75, 3.05) is 5.75 Å². The number of rotatable bonds is 6. The summed E-state index contributed by atoms with van der Waals surface area (Å²) >= 11 is 5.01. The molecule has 2 aliphatic carbocycles. The lowest BCUT2D eigenvalue weighted by Gasteiger charge is -2.41. The van der Waals surface area contributed by atoms with Crippen LogP contribution in [0.4, 0.5) is 0 Å². The predicted octanol–water partition coefficient (Wildman–Crippen LogP) is 4.83. The third-order valence-electron chi connectivity index (χ3n) is 7.45. The number of pyridine rings is 1. The molecule has 2 aromatic heterocycles. The van der Waals surface area contributed by atoms with Crippen LogP contribution in [0.15, 0.2) is 58.0 Å². The maximum Gasteiger partial charge on any atom is 0.270 e. The zero-order valence-corrected chi connectivity index (χ0v) is 21.8. The number of aromatic nitrogens is 1. The Hall–Kier alpha value is -2.27. The molecule has 0 unspecified atom stereocenters. The minimum atomic E-state index is -4.47. The summed E-state index contributed by atoms with van der Waals surface area (Å²) in [5.74, 6) is -0.729. The fourth-order valence-electron chi connectivity index (χ4n) is 5.50. The van der Waals surface area contributed by atoms with Gasteiger partial charge in [0.15, 0.2) is 0 Å². The number of benzene rings is 1. The van der Waals surface area contributed by atoms with Crippen molar-refractivity contribution in [2.24, 2.45) is 16.7 Å². The molecule has 2 bridgehead atoms. The highest BCUT2D eigenvalue weighted by molar-refractivity contribution is 9.10. The summed E-state index contributed by atoms with van der Waals surface area (Å²) in [7, 11) is -4.47. The smallest absolute Gasteiger partial charge is 0.270 e. The Labute approximate surface area is 210 Å². The van der Waals surface area contributed by atoms with Crippen LogP contribution in [-0.4, -0.2) is 29.6 Å². The van der Waals surface area contributed by atoms with Gasteiger partial charge in [0.25, 0.3) is 5.91 Å². The van der Waals surface area contributed by atoms with Crippen LogP contribution >= 0.6 is 27.3 Å². The molecule has 1 fully saturated rings. The average molecular weight is 562 g/mol. The van der Waals surface area contributed by atoms with E-state index in [0.29, 0.717) is 34.3 Å². The van der Waals surface area contributed by atoms with Gasteiger partial charge in [-0.3, -0.25) is 10.2 Å². The second-order valence-electron chi connectivity index (χ2n) is 9.50. The summed E-state index contributed by atoms with van der Waals surface area (Å²) < 4.78 is 36.2. The van der Waals surface area contributed by atoms with Crippen molar-refractivity contribution in [1.82, 2.24) is 15.8 Å². The molecular formula is C24H23BrN3O4S2-. The fourth-order valence-corrected chi connectivity index (χ4v) is 7.82. The van der Waals surface area contributed by atoms with Crippen LogP contribution in [0.1, 0.15) is 37.0 Å². The van der Waals surface area contributed by atoms with Gasteiger partial charge in [0.1, 0.15) is 0 Å². The van der Waals surface area contributed by atoms with E-state index in [2.05, 4.69) is 26.8 Å². The molecule has 2 N–H and O–H groups in total. The molecule has 0 radical (unpaired) electrons. The lowest BCUT2D eigenvalue weighted by Crippen LogP contribution is -2.47. The van der Waals surface area contributed by atoms with E-state index < -0.39 is 26.7 Å². The van der Waals surface area contributed by atoms with Gasteiger partial charge in [-0.2, -0.15) is 0 Å². The van der Waals surface area contributed by atoms with Gasteiger partial charge in [-0.05, 0) is 59.9 Å². The van der Waals surface area contributed by atoms with Gasteiger partial charge < -0.3 is 9.98 Å². The number of hydrogen-bond acceptors (Lipinski definition) is 7. The van der Waals surface area contributed by atoms with Gasteiger partial charge in [0.05, 0.1) is 31.8 Å². The number of carbonyl (C=O) groups is 1. The normalized spacial score (nSPS) is 23.2. The number of carbonyl (C=O) groups excluding carboxylic acids is 1. The summed E-state index contributed by atoms with van der Waals surface area (Å²) in [4.78, 5) is 19.1. The third kappa shape index (κ3) is 3.86. The number of fused-ring (bicyclic) bond motifs is 3. The molecule has 3 aromatic rings. The van der Waals surface area contributed by atoms with Gasteiger partial charge in [-0.25, -0.2) is 13.4 Å². The van der Waals surface area contributed by atoms with E-state index in [4.69, 9.17) is 4.98 Å². The largest absolute Gasteiger partial charge is 0.748 e. The number of halogens is 1. The summed E-state index contributed by atoms with van der Waals surface area (Å²) in [5.41, 5.74) is 6.93. The van der Waals surface area contributed by atoms with Crippen molar-refractivity contribution in [3.8, 4) is 10.6 Å². The van der Waals surface area contributed by atoms with E-state index in [1.807, 2.05) is 55.6 Å². The minimum Gasteiger partial charge on any atom is -0.748 e. The Kier molecular flexibility index (Phi) is 5.63. The molecule has 178 valence electrons. The number of nitrogens with one attached hydrogen (secondary N) is 2. The quantitative estimate of drug-likeness (QED) is 0.330. The predicted molar refractivity (Wildman–Crippen MR) is 135 cm³/mol. The van der Waals surface area contributed by atoms with Crippen LogP contribution in [0.2, 0.25) is 0 Å². The molecule has 1 aromatic carbocycles. The van der Waals surface area contributed by atoms with Crippen molar-refractivity contribution in [2.45, 2.75) is 26.7 Å². The lowest BCUT2D eigenvalue weighted by molar-refractivity contribution is 0.0928. The number of nitrogens with zero attached hydrogens (tertiary/aromatic N) is 1. The van der Waals surface area contributed by atoms with Crippen LogP contribution in [0.25, 0.3) is 21.5 Å². The van der Waals surface area contributed by atoms with E-state index in [1.54, 1.807) is 6.07 Å². The topological polar surface area (TPSA) is 111 Å². The molecule has 7 nitrogen and oxygen atoms in total. The van der Waals surface area contributed by atoms with E-state index in [-0.39, 0.29) is 11.8 Å². The van der Waals surface area contributed by atoms with Crippen LogP contribution in [0.5, 0.6) is 0 Å². The van der Waals surface area contributed by atoms with Crippen molar-refractivity contribution in [3.05, 3.63) is 63.6 Å². The summed E-state index contributed by atoms with van der Waals surface area (Å²) in [5, 5.41) is 2.64. The highest BCUT2D eigenvalue weighted by Gasteiger charge is 2.61. The first kappa shape index (κ1) is 23.5. The lowest BCUT2D eigenvalue weighted by atomic mass is 9.69. The fraction of sp³-hybridized carbons (Fsp3) is 0.333. The van der Waals surface area contributed by atoms with Gasteiger partial charge >= 0.3 is 0 Å². The van der Waals surface area contributed by atoms with Crippen molar-refractivity contribution in [3.63, 3.8) is 0 Å². The Morgan fingerprint density at radius 1 is 1.29 bits per heavy atom. The second-order valence-corrected chi connectivity index (χ2v) is 12.8. The Morgan fingerprint density at radius 3 is 2.76 bits per heavy atom. The molecule has 0 saturated heterocycles. The molecule has 2 aliphatic rings. The number of amides is 1. The first-order valence-corrected chi connectivity index (χ1v) is 14.1. The molecule has 1 amide bonds. The number of thiophene rings is 1.